The number of carboxylic acids is 1. The molecule has 0 fully saturated rings. The van der Waals surface area contributed by atoms with Crippen LogP contribution in [0.1, 0.15) is 21.5 Å². The van der Waals surface area contributed by atoms with Crippen LogP contribution in [0.3, 0.4) is 0 Å². The maximum absolute atomic E-state index is 13.5. The van der Waals surface area contributed by atoms with Crippen LogP contribution in [0.5, 0.6) is 11.5 Å². The highest BCUT2D eigenvalue weighted by Crippen LogP contribution is 2.42. The molecule has 1 aromatic heterocycles. The minimum absolute atomic E-state index is 0.120. The van der Waals surface area contributed by atoms with E-state index in [2.05, 4.69) is 37.0 Å². The predicted octanol–water partition coefficient (Wildman–Crippen LogP) is 6.76. The van der Waals surface area contributed by atoms with Crippen molar-refractivity contribution in [2.24, 2.45) is 5.10 Å². The van der Waals surface area contributed by atoms with E-state index in [9.17, 15) is 14.7 Å². The zero-order chi connectivity index (χ0) is 28.2. The molecule has 0 saturated carbocycles. The van der Waals surface area contributed by atoms with Crippen LogP contribution in [0.2, 0.25) is 0 Å². The van der Waals surface area contributed by atoms with Gasteiger partial charge in [0.05, 0.1) is 34.3 Å². The van der Waals surface area contributed by atoms with E-state index in [1.165, 1.54) is 17.9 Å². The molecule has 4 aromatic carbocycles. The third kappa shape index (κ3) is 5.54. The highest BCUT2D eigenvalue weighted by atomic mass is 79.9. The first-order chi connectivity index (χ1) is 19.4. The molecular weight excluding hydrogens is 642 g/mol. The quantitative estimate of drug-likeness (QED) is 0.184. The summed E-state index contributed by atoms with van der Waals surface area (Å²) in [5.74, 6) is 0.231. The van der Waals surface area contributed by atoms with E-state index >= 15 is 0 Å². The zero-order valence-corrected chi connectivity index (χ0v) is 24.2. The molecule has 10 heteroatoms. The molecule has 5 aromatic rings. The van der Waals surface area contributed by atoms with Gasteiger partial charge in [-0.25, -0.2) is 9.78 Å². The third-order valence-corrected chi connectivity index (χ3v) is 8.17. The number of para-hydroxylation sites is 1. The average molecular weight is 663 g/mol. The molecule has 0 spiro atoms. The second-order valence-corrected chi connectivity index (χ2v) is 10.2. The molecule has 200 valence electrons. The summed E-state index contributed by atoms with van der Waals surface area (Å²) >= 11 is 7.16. The molecule has 0 radical (unpaired) electrons. The van der Waals surface area contributed by atoms with Gasteiger partial charge in [0.2, 0.25) is 0 Å². The number of carboxylic acid groups (broad SMARTS) is 1. The van der Waals surface area contributed by atoms with E-state index in [4.69, 9.17) is 14.5 Å². The van der Waals surface area contributed by atoms with Crippen molar-refractivity contribution in [1.82, 2.24) is 9.66 Å². The van der Waals surface area contributed by atoms with Crippen molar-refractivity contribution in [3.8, 4) is 22.9 Å². The topological polar surface area (TPSA) is 103 Å². The number of hydrogen-bond donors (Lipinski definition) is 1. The van der Waals surface area contributed by atoms with Crippen molar-refractivity contribution < 1.29 is 19.4 Å². The van der Waals surface area contributed by atoms with Gasteiger partial charge < -0.3 is 14.6 Å². The van der Waals surface area contributed by atoms with Crippen molar-refractivity contribution in [3.63, 3.8) is 0 Å². The summed E-state index contributed by atoms with van der Waals surface area (Å²) in [5, 5.41) is 14.3. The number of methoxy groups -OCH3 is 1. The molecule has 1 heterocycles. The smallest absolute Gasteiger partial charge is 0.335 e. The lowest BCUT2D eigenvalue weighted by atomic mass is 10.1. The zero-order valence-electron chi connectivity index (χ0n) is 21.0. The number of aromatic nitrogens is 2. The van der Waals surface area contributed by atoms with E-state index in [1.807, 2.05) is 36.4 Å². The molecule has 5 rings (SSSR count). The summed E-state index contributed by atoms with van der Waals surface area (Å²) in [7, 11) is 1.51. The van der Waals surface area contributed by atoms with Gasteiger partial charge in [0.15, 0.2) is 17.3 Å². The van der Waals surface area contributed by atoms with Crippen molar-refractivity contribution in [2.45, 2.75) is 6.61 Å². The summed E-state index contributed by atoms with van der Waals surface area (Å²) in [5.41, 5.74) is 2.50. The van der Waals surface area contributed by atoms with E-state index in [0.717, 1.165) is 5.56 Å². The van der Waals surface area contributed by atoms with Crippen LogP contribution in [-0.4, -0.2) is 34.1 Å². The second kappa shape index (κ2) is 11.8. The van der Waals surface area contributed by atoms with Gasteiger partial charge in [0.25, 0.3) is 5.56 Å². The van der Waals surface area contributed by atoms with Crippen LogP contribution >= 0.6 is 31.9 Å². The number of fused-ring (bicyclic) bond motifs is 1. The molecule has 0 unspecified atom stereocenters. The first kappa shape index (κ1) is 27.3. The Morgan fingerprint density at radius 3 is 2.50 bits per heavy atom. The van der Waals surface area contributed by atoms with Gasteiger partial charge in [-0.1, -0.05) is 54.6 Å². The Morgan fingerprint density at radius 2 is 1.75 bits per heavy atom. The standard InChI is InChI=1S/C30H21Br2N3O5/c1-39-24-15-21(25(31)26(32)27(24)40-17-18-8-7-11-20(14-18)30(37)38)16-33-35-28(19-9-3-2-4-10-19)34-23-13-6-5-12-22(23)29(35)36/h2-16H,17H2,1H3,(H,37,38). The summed E-state index contributed by atoms with van der Waals surface area (Å²) in [6.07, 6.45) is 1.54. The first-order valence-electron chi connectivity index (χ1n) is 12.0. The van der Waals surface area contributed by atoms with Gasteiger partial charge in [0.1, 0.15) is 6.61 Å². The van der Waals surface area contributed by atoms with Crippen molar-refractivity contribution >= 4 is 54.9 Å². The highest BCUT2D eigenvalue weighted by Gasteiger charge is 2.18. The number of nitrogens with zero attached hydrogens (tertiary/aromatic N) is 3. The Bertz CT molecular complexity index is 1820. The molecule has 0 amide bonds. The summed E-state index contributed by atoms with van der Waals surface area (Å²) in [4.78, 5) is 29.5. The van der Waals surface area contributed by atoms with Gasteiger partial charge in [-0.3, -0.25) is 4.79 Å². The molecular formula is C30H21Br2N3O5. The van der Waals surface area contributed by atoms with Crippen molar-refractivity contribution in [3.05, 3.63) is 121 Å². The number of ether oxygens (including phenoxy) is 2. The summed E-state index contributed by atoms with van der Waals surface area (Å²) in [6, 6.07) is 24.8. The molecule has 0 saturated heterocycles. The number of rotatable bonds is 8. The number of hydrogen-bond acceptors (Lipinski definition) is 6. The molecule has 0 atom stereocenters. The lowest BCUT2D eigenvalue weighted by Gasteiger charge is -2.16. The van der Waals surface area contributed by atoms with E-state index < -0.39 is 5.97 Å². The number of benzene rings is 4. The predicted molar refractivity (Wildman–Crippen MR) is 161 cm³/mol. The fourth-order valence-electron chi connectivity index (χ4n) is 4.06. The Kier molecular flexibility index (Phi) is 8.09. The minimum atomic E-state index is -1.01. The largest absolute Gasteiger partial charge is 0.493 e. The molecule has 0 bridgehead atoms. The van der Waals surface area contributed by atoms with Crippen LogP contribution in [-0.2, 0) is 6.61 Å². The number of aromatic carboxylic acids is 1. The van der Waals surface area contributed by atoms with Crippen molar-refractivity contribution in [1.29, 1.82) is 0 Å². The molecule has 0 aliphatic rings. The van der Waals surface area contributed by atoms with Gasteiger partial charge in [-0.05, 0) is 67.8 Å². The molecule has 1 N–H and O–H groups in total. The van der Waals surface area contributed by atoms with Gasteiger partial charge in [0, 0.05) is 15.6 Å². The maximum Gasteiger partial charge on any atom is 0.335 e. The Morgan fingerprint density at radius 1 is 1.00 bits per heavy atom. The van der Waals surface area contributed by atoms with E-state index in [0.29, 0.717) is 48.3 Å². The number of halogens is 2. The van der Waals surface area contributed by atoms with E-state index in [-0.39, 0.29) is 17.7 Å². The van der Waals surface area contributed by atoms with Gasteiger partial charge in [-0.2, -0.15) is 9.78 Å². The third-order valence-electron chi connectivity index (χ3n) is 6.03. The van der Waals surface area contributed by atoms with Crippen LogP contribution < -0.4 is 15.0 Å². The Balaban J connectivity index is 1.53. The normalized spacial score (nSPS) is 11.2. The highest BCUT2D eigenvalue weighted by molar-refractivity contribution is 9.13. The molecule has 0 aliphatic heterocycles. The number of carbonyl (C=O) groups is 1. The molecule has 8 nitrogen and oxygen atoms in total. The van der Waals surface area contributed by atoms with Crippen LogP contribution in [0.25, 0.3) is 22.3 Å². The maximum atomic E-state index is 13.5. The fourth-order valence-corrected chi connectivity index (χ4v) is 4.99. The van der Waals surface area contributed by atoms with Gasteiger partial charge in [-0.15, -0.1) is 0 Å². The van der Waals surface area contributed by atoms with E-state index in [1.54, 1.807) is 48.7 Å². The lowest BCUT2D eigenvalue weighted by Crippen LogP contribution is -2.20. The van der Waals surface area contributed by atoms with Gasteiger partial charge >= 0.3 is 5.97 Å². The Hall–Kier alpha value is -4.28. The lowest BCUT2D eigenvalue weighted by molar-refractivity contribution is 0.0696. The van der Waals surface area contributed by atoms with Crippen LogP contribution in [0.15, 0.2) is 104 Å². The summed E-state index contributed by atoms with van der Waals surface area (Å²) < 4.78 is 14.1. The minimum Gasteiger partial charge on any atom is -0.493 e. The van der Waals surface area contributed by atoms with Crippen LogP contribution in [0.4, 0.5) is 0 Å². The van der Waals surface area contributed by atoms with Crippen LogP contribution in [0, 0.1) is 0 Å². The summed E-state index contributed by atoms with van der Waals surface area (Å²) in [6.45, 7) is 0.120. The fraction of sp³-hybridized carbons (Fsp3) is 0.0667. The first-order valence-corrected chi connectivity index (χ1v) is 13.6. The molecule has 40 heavy (non-hydrogen) atoms. The Labute approximate surface area is 245 Å². The average Bonchev–Trinajstić information content (AvgIpc) is 2.98. The molecule has 0 aliphatic carbocycles. The second-order valence-electron chi connectivity index (χ2n) is 8.60. The monoisotopic (exact) mass is 661 g/mol. The SMILES string of the molecule is COc1cc(C=Nn2c(-c3ccccc3)nc3ccccc3c2=O)c(Br)c(Br)c1OCc1cccc(C(=O)O)c1. The van der Waals surface area contributed by atoms with Crippen molar-refractivity contribution in [2.75, 3.05) is 7.11 Å².